The zero-order valence-electron chi connectivity index (χ0n) is 17.9. The third-order valence-corrected chi connectivity index (χ3v) is 5.24. The van der Waals surface area contributed by atoms with E-state index in [2.05, 4.69) is 5.32 Å². The molecule has 1 N–H and O–H groups in total. The minimum Gasteiger partial charge on any atom is -0.423 e. The number of hydrogen-bond acceptors (Lipinski definition) is 5. The molecule has 0 aliphatic carbocycles. The van der Waals surface area contributed by atoms with Crippen molar-refractivity contribution in [1.82, 2.24) is 5.32 Å². The molecule has 0 aromatic heterocycles. The summed E-state index contributed by atoms with van der Waals surface area (Å²) in [5, 5.41) is 3.17. The van der Waals surface area contributed by atoms with Gasteiger partial charge in [0.15, 0.2) is 0 Å². The molecule has 0 bridgehead atoms. The summed E-state index contributed by atoms with van der Waals surface area (Å²) in [5.41, 5.74) is 2.80. The first-order valence-electron chi connectivity index (χ1n) is 10.3. The van der Waals surface area contributed by atoms with Crippen molar-refractivity contribution in [3.8, 4) is 11.5 Å². The van der Waals surface area contributed by atoms with Crippen LogP contribution in [0.1, 0.15) is 25.3 Å². The highest BCUT2D eigenvalue weighted by atomic mass is 16.5. The summed E-state index contributed by atoms with van der Waals surface area (Å²) in [6.07, 6.45) is 0. The Morgan fingerprint density at radius 1 is 0.625 bits per heavy atom. The highest BCUT2D eigenvalue weighted by molar-refractivity contribution is 6.01. The number of allylic oxidation sites excluding steroid dienone is 2. The van der Waals surface area contributed by atoms with Crippen LogP contribution in [0.4, 0.5) is 0 Å². The van der Waals surface area contributed by atoms with E-state index in [1.807, 2.05) is 42.5 Å². The van der Waals surface area contributed by atoms with E-state index in [0.29, 0.717) is 34.0 Å². The van der Waals surface area contributed by atoms with Gasteiger partial charge in [-0.25, -0.2) is 9.59 Å². The number of para-hydroxylation sites is 2. The fraction of sp³-hybridized carbons (Fsp3) is 0.111. The largest absolute Gasteiger partial charge is 0.423 e. The zero-order valence-corrected chi connectivity index (χ0v) is 17.9. The van der Waals surface area contributed by atoms with Crippen molar-refractivity contribution in [3.05, 3.63) is 119 Å². The summed E-state index contributed by atoms with van der Waals surface area (Å²) in [5.74, 6) is -0.807. The van der Waals surface area contributed by atoms with Gasteiger partial charge in [-0.15, -0.1) is 0 Å². The summed E-state index contributed by atoms with van der Waals surface area (Å²) in [6.45, 7) is 3.61. The van der Waals surface area contributed by atoms with E-state index in [-0.39, 0.29) is 0 Å². The van der Waals surface area contributed by atoms with Crippen molar-refractivity contribution in [2.75, 3.05) is 0 Å². The van der Waals surface area contributed by atoms with Crippen LogP contribution < -0.4 is 14.8 Å². The molecule has 3 aromatic carbocycles. The second-order valence-corrected chi connectivity index (χ2v) is 7.45. The minimum absolute atomic E-state index is 0.366. The van der Waals surface area contributed by atoms with Crippen LogP contribution in [0, 0.1) is 0 Å². The van der Waals surface area contributed by atoms with Crippen molar-refractivity contribution in [2.24, 2.45) is 0 Å². The molecule has 3 aromatic rings. The average Bonchev–Trinajstić information content (AvgIpc) is 2.80. The van der Waals surface area contributed by atoms with Gasteiger partial charge in [-0.2, -0.15) is 0 Å². The fourth-order valence-corrected chi connectivity index (χ4v) is 3.82. The first-order valence-corrected chi connectivity index (χ1v) is 10.3. The maximum atomic E-state index is 13.3. The molecule has 0 spiro atoms. The van der Waals surface area contributed by atoms with E-state index in [1.54, 1.807) is 62.4 Å². The zero-order chi connectivity index (χ0) is 22.5. The lowest BCUT2D eigenvalue weighted by Crippen LogP contribution is -2.34. The van der Waals surface area contributed by atoms with Crippen molar-refractivity contribution >= 4 is 11.9 Å². The summed E-state index contributed by atoms with van der Waals surface area (Å²) >= 11 is 0. The van der Waals surface area contributed by atoms with Crippen LogP contribution in [0.3, 0.4) is 0 Å². The molecule has 1 heterocycles. The molecule has 1 aliphatic heterocycles. The summed E-state index contributed by atoms with van der Waals surface area (Å²) < 4.78 is 11.3. The molecule has 0 radical (unpaired) electrons. The second-order valence-electron chi connectivity index (χ2n) is 7.45. The predicted molar refractivity (Wildman–Crippen MR) is 122 cm³/mol. The molecule has 4 rings (SSSR count). The van der Waals surface area contributed by atoms with E-state index in [4.69, 9.17) is 9.47 Å². The van der Waals surface area contributed by atoms with E-state index >= 15 is 0 Å². The Morgan fingerprint density at radius 2 is 1.00 bits per heavy atom. The van der Waals surface area contributed by atoms with Gasteiger partial charge in [-0.05, 0) is 43.7 Å². The molecule has 0 amide bonds. The third-order valence-electron chi connectivity index (χ3n) is 5.24. The number of dihydropyridines is 1. The van der Waals surface area contributed by atoms with Gasteiger partial charge in [-0.3, -0.25) is 0 Å². The third kappa shape index (κ3) is 4.47. The molecule has 0 atom stereocenters. The normalized spacial score (nSPS) is 14.1. The number of carbonyl (C=O) groups is 2. The van der Waals surface area contributed by atoms with E-state index < -0.39 is 17.9 Å². The van der Waals surface area contributed by atoms with Gasteiger partial charge in [-0.1, -0.05) is 66.7 Å². The van der Waals surface area contributed by atoms with Crippen molar-refractivity contribution in [3.63, 3.8) is 0 Å². The average molecular weight is 425 g/mol. The van der Waals surface area contributed by atoms with Crippen LogP contribution in [0.5, 0.6) is 11.5 Å². The first kappa shape index (κ1) is 21.1. The molecule has 5 nitrogen and oxygen atoms in total. The second kappa shape index (κ2) is 9.35. The lowest BCUT2D eigenvalue weighted by Gasteiger charge is -2.30. The van der Waals surface area contributed by atoms with Gasteiger partial charge in [0.2, 0.25) is 0 Å². The Bertz CT molecular complexity index is 1110. The smallest absolute Gasteiger partial charge is 0.342 e. The summed E-state index contributed by atoms with van der Waals surface area (Å²) in [4.78, 5) is 26.6. The van der Waals surface area contributed by atoms with Crippen LogP contribution >= 0.6 is 0 Å². The fourth-order valence-electron chi connectivity index (χ4n) is 3.82. The maximum Gasteiger partial charge on any atom is 0.342 e. The molecule has 0 fully saturated rings. The monoisotopic (exact) mass is 425 g/mol. The topological polar surface area (TPSA) is 64.6 Å². The molecular weight excluding hydrogens is 402 g/mol. The molecule has 0 saturated carbocycles. The number of nitrogens with one attached hydrogen (secondary N) is 1. The van der Waals surface area contributed by atoms with Crippen molar-refractivity contribution < 1.29 is 19.1 Å². The van der Waals surface area contributed by atoms with Crippen LogP contribution in [0.25, 0.3) is 0 Å². The Kier molecular flexibility index (Phi) is 6.17. The number of rotatable bonds is 5. The number of esters is 2. The molecule has 160 valence electrons. The lowest BCUT2D eigenvalue weighted by molar-refractivity contribution is -0.131. The Hall–Kier alpha value is -4.12. The number of benzene rings is 3. The molecule has 0 unspecified atom stereocenters. The number of ether oxygens (including phenoxy) is 2. The van der Waals surface area contributed by atoms with Gasteiger partial charge >= 0.3 is 11.9 Å². The lowest BCUT2D eigenvalue weighted by atomic mass is 9.80. The molecule has 0 saturated heterocycles. The van der Waals surface area contributed by atoms with Crippen LogP contribution in [-0.2, 0) is 9.59 Å². The highest BCUT2D eigenvalue weighted by Gasteiger charge is 2.38. The van der Waals surface area contributed by atoms with Crippen molar-refractivity contribution in [1.29, 1.82) is 0 Å². The summed E-state index contributed by atoms with van der Waals surface area (Å²) in [6, 6.07) is 27.2. The summed E-state index contributed by atoms with van der Waals surface area (Å²) in [7, 11) is 0. The van der Waals surface area contributed by atoms with E-state index in [0.717, 1.165) is 5.56 Å². The van der Waals surface area contributed by atoms with Crippen LogP contribution in [-0.4, -0.2) is 11.9 Å². The maximum absolute atomic E-state index is 13.3. The predicted octanol–water partition coefficient (Wildman–Crippen LogP) is 5.13. The highest BCUT2D eigenvalue weighted by Crippen LogP contribution is 2.39. The van der Waals surface area contributed by atoms with Crippen LogP contribution in [0.15, 0.2) is 114 Å². The van der Waals surface area contributed by atoms with Gasteiger partial charge in [0.25, 0.3) is 0 Å². The van der Waals surface area contributed by atoms with Crippen LogP contribution in [0.2, 0.25) is 0 Å². The number of carbonyl (C=O) groups excluding carboxylic acids is 2. The Balaban J connectivity index is 1.74. The number of hydrogen-bond donors (Lipinski definition) is 1. The molecule has 1 aliphatic rings. The van der Waals surface area contributed by atoms with E-state index in [9.17, 15) is 9.59 Å². The van der Waals surface area contributed by atoms with Gasteiger partial charge < -0.3 is 14.8 Å². The van der Waals surface area contributed by atoms with E-state index in [1.165, 1.54) is 0 Å². The minimum atomic E-state index is -0.634. The standard InChI is InChI=1S/C27H23NO4/c1-18-23(26(29)31-21-14-8-4-9-15-21)25(20-12-6-3-7-13-20)24(19(2)28-18)27(30)32-22-16-10-5-11-17-22/h3-17,25,28H,1-2H3. The van der Waals surface area contributed by atoms with Gasteiger partial charge in [0.1, 0.15) is 11.5 Å². The molecular formula is C27H23NO4. The SMILES string of the molecule is CC1=C(C(=O)Oc2ccccc2)C(c2ccccc2)C(C(=O)Oc2ccccc2)=C(C)N1. The first-order chi connectivity index (χ1) is 15.5. The quantitative estimate of drug-likeness (QED) is 0.453. The molecule has 5 heteroatoms. The van der Waals surface area contributed by atoms with Crippen molar-refractivity contribution in [2.45, 2.75) is 19.8 Å². The molecule has 32 heavy (non-hydrogen) atoms. The Labute approximate surface area is 187 Å². The Morgan fingerprint density at radius 3 is 1.41 bits per heavy atom. The van der Waals surface area contributed by atoms with Gasteiger partial charge in [0.05, 0.1) is 17.1 Å². The van der Waals surface area contributed by atoms with Gasteiger partial charge in [0, 0.05) is 11.4 Å².